The van der Waals surface area contributed by atoms with Crippen molar-refractivity contribution in [2.75, 3.05) is 19.4 Å². The molecule has 0 spiro atoms. The van der Waals surface area contributed by atoms with Crippen molar-refractivity contribution in [3.63, 3.8) is 0 Å². The number of hydrogen-bond donors (Lipinski definition) is 3. The van der Waals surface area contributed by atoms with Crippen LogP contribution >= 0.6 is 0 Å². The fourth-order valence-corrected chi connectivity index (χ4v) is 4.84. The van der Waals surface area contributed by atoms with Gasteiger partial charge in [0.2, 0.25) is 5.91 Å². The summed E-state index contributed by atoms with van der Waals surface area (Å²) in [6.07, 6.45) is 3.29. The second-order valence-corrected chi connectivity index (χ2v) is 10.1. The number of benzene rings is 3. The second kappa shape index (κ2) is 11.8. The van der Waals surface area contributed by atoms with Gasteiger partial charge in [0.1, 0.15) is 17.3 Å². The molecule has 0 aliphatic carbocycles. The number of halogens is 1. The number of nitrogens with one attached hydrogen (secondary N) is 3. The number of hydrogen-bond acceptors (Lipinski definition) is 5. The SMILES string of the molecule is CNC(=O)c1cccc(-c2ncc(NC(=O)C(C)NC)c(=O)n2Cc2cccc(-n3cc(C)c4cc(F)ccc43)c2)c1. The third kappa shape index (κ3) is 5.57. The third-order valence-corrected chi connectivity index (χ3v) is 7.24. The molecule has 42 heavy (non-hydrogen) atoms. The number of carbonyl (C=O) groups excluding carboxylic acids is 2. The predicted molar refractivity (Wildman–Crippen MR) is 162 cm³/mol. The summed E-state index contributed by atoms with van der Waals surface area (Å²) in [6, 6.07) is 18.7. The molecular weight excluding hydrogens is 535 g/mol. The van der Waals surface area contributed by atoms with Gasteiger partial charge in [-0.05, 0) is 74.5 Å². The number of rotatable bonds is 8. The molecule has 5 aromatic rings. The average Bonchev–Trinajstić information content (AvgIpc) is 3.33. The quantitative estimate of drug-likeness (QED) is 0.260. The van der Waals surface area contributed by atoms with Gasteiger partial charge in [0.15, 0.2) is 0 Å². The number of aryl methyl sites for hydroxylation is 1. The summed E-state index contributed by atoms with van der Waals surface area (Å²) in [5.74, 6) is -0.593. The minimum absolute atomic E-state index is 0.0403. The van der Waals surface area contributed by atoms with E-state index in [0.29, 0.717) is 17.0 Å². The number of amides is 2. The van der Waals surface area contributed by atoms with E-state index in [4.69, 9.17) is 0 Å². The molecule has 0 saturated carbocycles. The van der Waals surface area contributed by atoms with E-state index in [0.717, 1.165) is 27.7 Å². The lowest BCUT2D eigenvalue weighted by atomic mass is 10.1. The van der Waals surface area contributed by atoms with Crippen molar-refractivity contribution >= 4 is 28.4 Å². The van der Waals surface area contributed by atoms with Gasteiger partial charge in [-0.3, -0.25) is 19.0 Å². The molecule has 0 radical (unpaired) electrons. The van der Waals surface area contributed by atoms with E-state index in [9.17, 15) is 18.8 Å². The fraction of sp³-hybridized carbons (Fsp3) is 0.188. The molecule has 10 heteroatoms. The van der Waals surface area contributed by atoms with Gasteiger partial charge >= 0.3 is 0 Å². The Hall–Kier alpha value is -5.09. The van der Waals surface area contributed by atoms with Crippen molar-refractivity contribution in [2.45, 2.75) is 26.4 Å². The largest absolute Gasteiger partial charge is 0.355 e. The summed E-state index contributed by atoms with van der Waals surface area (Å²) in [6.45, 7) is 3.76. The monoisotopic (exact) mass is 566 g/mol. The lowest BCUT2D eigenvalue weighted by Gasteiger charge is -2.17. The second-order valence-electron chi connectivity index (χ2n) is 10.1. The molecule has 3 aromatic carbocycles. The van der Waals surface area contributed by atoms with Crippen LogP contribution in [0.2, 0.25) is 0 Å². The molecule has 0 aliphatic heterocycles. The van der Waals surface area contributed by atoms with Crippen LogP contribution in [0.1, 0.15) is 28.4 Å². The van der Waals surface area contributed by atoms with Crippen LogP contribution in [-0.4, -0.2) is 46.1 Å². The Morgan fingerprint density at radius 1 is 1.02 bits per heavy atom. The number of carbonyl (C=O) groups is 2. The van der Waals surface area contributed by atoms with E-state index in [-0.39, 0.29) is 29.9 Å². The van der Waals surface area contributed by atoms with Gasteiger partial charge in [0.25, 0.3) is 11.5 Å². The molecular formula is C32H31FN6O3. The Kier molecular flexibility index (Phi) is 7.99. The third-order valence-electron chi connectivity index (χ3n) is 7.24. The van der Waals surface area contributed by atoms with E-state index >= 15 is 0 Å². The first-order valence-electron chi connectivity index (χ1n) is 13.5. The van der Waals surface area contributed by atoms with Crippen LogP contribution in [0, 0.1) is 12.7 Å². The summed E-state index contributed by atoms with van der Waals surface area (Å²) in [4.78, 5) is 43.3. The maximum Gasteiger partial charge on any atom is 0.277 e. The van der Waals surface area contributed by atoms with Crippen LogP contribution in [-0.2, 0) is 11.3 Å². The highest BCUT2D eigenvalue weighted by Crippen LogP contribution is 2.26. The first-order valence-corrected chi connectivity index (χ1v) is 13.5. The van der Waals surface area contributed by atoms with Crippen molar-refractivity contribution in [3.05, 3.63) is 112 Å². The molecule has 5 rings (SSSR count). The highest BCUT2D eigenvalue weighted by atomic mass is 19.1. The Morgan fingerprint density at radius 2 is 1.81 bits per heavy atom. The average molecular weight is 567 g/mol. The van der Waals surface area contributed by atoms with Gasteiger partial charge in [-0.1, -0.05) is 24.3 Å². The van der Waals surface area contributed by atoms with Crippen LogP contribution < -0.4 is 21.5 Å². The first-order chi connectivity index (χ1) is 20.2. The van der Waals surface area contributed by atoms with Crippen LogP contribution in [0.3, 0.4) is 0 Å². The van der Waals surface area contributed by atoms with Gasteiger partial charge < -0.3 is 20.5 Å². The Labute approximate surface area is 242 Å². The Bertz CT molecular complexity index is 1880. The zero-order valence-corrected chi connectivity index (χ0v) is 23.7. The molecule has 1 atom stereocenters. The van der Waals surface area contributed by atoms with Crippen LogP contribution in [0.5, 0.6) is 0 Å². The number of nitrogens with zero attached hydrogens (tertiary/aromatic N) is 3. The molecule has 214 valence electrons. The van der Waals surface area contributed by atoms with E-state index in [1.54, 1.807) is 51.4 Å². The smallest absolute Gasteiger partial charge is 0.277 e. The maximum absolute atomic E-state index is 13.9. The molecule has 0 fully saturated rings. The minimum atomic E-state index is -0.522. The van der Waals surface area contributed by atoms with Crippen molar-refractivity contribution in [1.29, 1.82) is 0 Å². The van der Waals surface area contributed by atoms with Crippen LogP contribution in [0.15, 0.2) is 83.9 Å². The van der Waals surface area contributed by atoms with Crippen molar-refractivity contribution < 1.29 is 14.0 Å². The van der Waals surface area contributed by atoms with Gasteiger partial charge in [0, 0.05) is 35.4 Å². The molecule has 9 nitrogen and oxygen atoms in total. The van der Waals surface area contributed by atoms with Gasteiger partial charge in [-0.2, -0.15) is 0 Å². The Balaban J connectivity index is 1.60. The summed E-state index contributed by atoms with van der Waals surface area (Å²) < 4.78 is 17.4. The summed E-state index contributed by atoms with van der Waals surface area (Å²) >= 11 is 0. The van der Waals surface area contributed by atoms with Gasteiger partial charge in [0.05, 0.1) is 24.3 Å². The van der Waals surface area contributed by atoms with Crippen LogP contribution in [0.25, 0.3) is 28.0 Å². The molecule has 2 amide bonds. The Morgan fingerprint density at radius 3 is 2.57 bits per heavy atom. The van der Waals surface area contributed by atoms with E-state index in [1.807, 2.05) is 42.0 Å². The van der Waals surface area contributed by atoms with Gasteiger partial charge in [-0.25, -0.2) is 9.37 Å². The van der Waals surface area contributed by atoms with Crippen molar-refractivity contribution in [2.24, 2.45) is 0 Å². The molecule has 3 N–H and O–H groups in total. The number of anilines is 1. The van der Waals surface area contributed by atoms with Gasteiger partial charge in [-0.15, -0.1) is 0 Å². The van der Waals surface area contributed by atoms with Crippen LogP contribution in [0.4, 0.5) is 10.1 Å². The van der Waals surface area contributed by atoms with E-state index < -0.39 is 11.6 Å². The first kappa shape index (κ1) is 28.4. The fourth-order valence-electron chi connectivity index (χ4n) is 4.84. The van der Waals surface area contributed by atoms with Crippen molar-refractivity contribution in [3.8, 4) is 17.1 Å². The normalized spacial score (nSPS) is 11.8. The highest BCUT2D eigenvalue weighted by molar-refractivity contribution is 5.95. The zero-order valence-electron chi connectivity index (χ0n) is 23.7. The standard InChI is InChI=1S/C32H31FN6O3/c1-19-17-38(28-12-11-24(33)15-26(19)28)25-10-5-7-21(13-25)18-39-29(22-8-6-9-23(14-22)31(41)35-4)36-16-27(32(39)42)37-30(40)20(2)34-3/h5-17,20,34H,18H2,1-4H3,(H,35,41)(H,37,40). The number of aromatic nitrogens is 3. The van der Waals surface area contributed by atoms with Crippen molar-refractivity contribution in [1.82, 2.24) is 24.8 Å². The molecule has 2 heterocycles. The number of fused-ring (bicyclic) bond motifs is 1. The summed E-state index contributed by atoms with van der Waals surface area (Å²) in [5, 5.41) is 8.95. The zero-order chi connectivity index (χ0) is 30.0. The lowest BCUT2D eigenvalue weighted by molar-refractivity contribution is -0.117. The molecule has 2 aromatic heterocycles. The molecule has 0 bridgehead atoms. The highest BCUT2D eigenvalue weighted by Gasteiger charge is 2.18. The molecule has 1 unspecified atom stereocenters. The van der Waals surface area contributed by atoms with E-state index in [2.05, 4.69) is 20.9 Å². The van der Waals surface area contributed by atoms with E-state index in [1.165, 1.54) is 22.9 Å². The summed E-state index contributed by atoms with van der Waals surface area (Å²) in [5.41, 5.74) is 4.03. The number of likely N-dealkylation sites (N-methyl/N-ethyl adjacent to an activating group) is 1. The topological polar surface area (TPSA) is 110 Å². The minimum Gasteiger partial charge on any atom is -0.355 e. The maximum atomic E-state index is 13.9. The lowest BCUT2D eigenvalue weighted by Crippen LogP contribution is -2.38. The molecule has 0 aliphatic rings. The summed E-state index contributed by atoms with van der Waals surface area (Å²) in [7, 11) is 3.20. The predicted octanol–water partition coefficient (Wildman–Crippen LogP) is 4.26. The molecule has 0 saturated heterocycles.